The van der Waals surface area contributed by atoms with Gasteiger partial charge in [-0.15, -0.1) is 0 Å². The van der Waals surface area contributed by atoms with E-state index in [0.717, 1.165) is 38.1 Å². The second-order valence-corrected chi connectivity index (χ2v) is 7.29. The monoisotopic (exact) mass is 351 g/mol. The molecule has 0 saturated carbocycles. The first-order valence-electron chi connectivity index (χ1n) is 9.44. The fourth-order valence-electron chi connectivity index (χ4n) is 3.95. The van der Waals surface area contributed by atoms with Crippen molar-refractivity contribution < 1.29 is 14.3 Å². The highest BCUT2D eigenvalue weighted by Crippen LogP contribution is 2.33. The largest absolute Gasteiger partial charge is 0.454 e. The number of hydrogen-bond donors (Lipinski definition) is 0. The Hall–Kier alpha value is -2.49. The van der Waals surface area contributed by atoms with E-state index >= 15 is 0 Å². The number of carbonyl (C=O) groups excluding carboxylic acids is 1. The van der Waals surface area contributed by atoms with Gasteiger partial charge in [-0.2, -0.15) is 0 Å². The number of aryl methyl sites for hydroxylation is 2. The van der Waals surface area contributed by atoms with E-state index in [1.807, 2.05) is 23.1 Å². The van der Waals surface area contributed by atoms with E-state index in [9.17, 15) is 4.79 Å². The Morgan fingerprint density at radius 2 is 2.00 bits per heavy atom. The molecule has 1 fully saturated rings. The van der Waals surface area contributed by atoms with Crippen LogP contribution in [0, 0.1) is 12.8 Å². The molecule has 1 atom stereocenters. The van der Waals surface area contributed by atoms with Crippen molar-refractivity contribution in [3.05, 3.63) is 59.2 Å². The van der Waals surface area contributed by atoms with Gasteiger partial charge >= 0.3 is 0 Å². The van der Waals surface area contributed by atoms with Gasteiger partial charge in [0.05, 0.1) is 0 Å². The van der Waals surface area contributed by atoms with Crippen molar-refractivity contribution in [2.75, 3.05) is 19.9 Å². The zero-order valence-electron chi connectivity index (χ0n) is 15.2. The number of hydrogen-bond acceptors (Lipinski definition) is 3. The average molecular weight is 351 g/mol. The minimum Gasteiger partial charge on any atom is -0.454 e. The number of rotatable bonds is 4. The first-order valence-corrected chi connectivity index (χ1v) is 9.44. The number of carbonyl (C=O) groups is 1. The Kier molecular flexibility index (Phi) is 4.83. The second-order valence-electron chi connectivity index (χ2n) is 7.29. The molecule has 0 aliphatic carbocycles. The topological polar surface area (TPSA) is 38.8 Å². The van der Waals surface area contributed by atoms with E-state index in [-0.39, 0.29) is 12.7 Å². The van der Waals surface area contributed by atoms with Crippen LogP contribution in [0.2, 0.25) is 0 Å². The normalized spacial score (nSPS) is 18.8. The van der Waals surface area contributed by atoms with Crippen LogP contribution in [0.5, 0.6) is 11.5 Å². The third-order valence-electron chi connectivity index (χ3n) is 5.51. The minimum atomic E-state index is 0.101. The summed E-state index contributed by atoms with van der Waals surface area (Å²) in [5, 5.41) is 0. The predicted molar refractivity (Wildman–Crippen MR) is 101 cm³/mol. The van der Waals surface area contributed by atoms with Gasteiger partial charge < -0.3 is 14.4 Å². The van der Waals surface area contributed by atoms with Crippen molar-refractivity contribution in [3.8, 4) is 11.5 Å². The lowest BCUT2D eigenvalue weighted by atomic mass is 9.90. The molecular formula is C22H25NO3. The lowest BCUT2D eigenvalue weighted by Gasteiger charge is -2.33. The molecule has 0 bridgehead atoms. The molecule has 2 heterocycles. The van der Waals surface area contributed by atoms with Gasteiger partial charge in [-0.3, -0.25) is 4.79 Å². The molecule has 0 aromatic heterocycles. The maximum absolute atomic E-state index is 12.9. The Bertz CT molecular complexity index is 802. The Labute approximate surface area is 154 Å². The zero-order valence-corrected chi connectivity index (χ0v) is 15.2. The van der Waals surface area contributed by atoms with E-state index in [1.54, 1.807) is 0 Å². The van der Waals surface area contributed by atoms with Crippen molar-refractivity contribution >= 4 is 5.91 Å². The number of amides is 1. The van der Waals surface area contributed by atoms with E-state index in [4.69, 9.17) is 9.47 Å². The van der Waals surface area contributed by atoms with E-state index < -0.39 is 0 Å². The predicted octanol–water partition coefficient (Wildman–Crippen LogP) is 4.21. The van der Waals surface area contributed by atoms with Crippen LogP contribution in [-0.2, 0) is 6.42 Å². The highest BCUT2D eigenvalue weighted by atomic mass is 16.7. The van der Waals surface area contributed by atoms with Crippen molar-refractivity contribution in [1.82, 2.24) is 4.90 Å². The fourth-order valence-corrected chi connectivity index (χ4v) is 3.95. The van der Waals surface area contributed by atoms with Crippen molar-refractivity contribution in [3.63, 3.8) is 0 Å². The summed E-state index contributed by atoms with van der Waals surface area (Å²) < 4.78 is 10.7. The van der Waals surface area contributed by atoms with E-state index in [2.05, 4.69) is 31.2 Å². The van der Waals surface area contributed by atoms with Crippen LogP contribution >= 0.6 is 0 Å². The third-order valence-corrected chi connectivity index (χ3v) is 5.51. The molecule has 4 rings (SSSR count). The minimum absolute atomic E-state index is 0.101. The highest BCUT2D eigenvalue weighted by Gasteiger charge is 2.25. The van der Waals surface area contributed by atoms with Gasteiger partial charge in [-0.05, 0) is 67.9 Å². The lowest BCUT2D eigenvalue weighted by molar-refractivity contribution is 0.0668. The van der Waals surface area contributed by atoms with Gasteiger partial charge in [-0.25, -0.2) is 0 Å². The number of benzene rings is 2. The molecule has 0 N–H and O–H groups in total. The Morgan fingerprint density at radius 1 is 1.15 bits per heavy atom. The van der Waals surface area contributed by atoms with Crippen LogP contribution in [0.1, 0.15) is 40.7 Å². The quantitative estimate of drug-likeness (QED) is 0.828. The van der Waals surface area contributed by atoms with Gasteiger partial charge in [0, 0.05) is 18.7 Å². The summed E-state index contributed by atoms with van der Waals surface area (Å²) >= 11 is 0. The third kappa shape index (κ3) is 3.55. The molecule has 0 unspecified atom stereocenters. The van der Waals surface area contributed by atoms with Crippen LogP contribution in [0.4, 0.5) is 0 Å². The first kappa shape index (κ1) is 17.0. The molecule has 2 aromatic carbocycles. The molecule has 1 saturated heterocycles. The van der Waals surface area contributed by atoms with Crippen LogP contribution in [0.15, 0.2) is 42.5 Å². The lowest BCUT2D eigenvalue weighted by Crippen LogP contribution is -2.40. The molecule has 2 aliphatic rings. The highest BCUT2D eigenvalue weighted by molar-refractivity contribution is 5.95. The molecule has 0 spiro atoms. The summed E-state index contributed by atoms with van der Waals surface area (Å²) in [7, 11) is 0. The van der Waals surface area contributed by atoms with Gasteiger partial charge in [0.15, 0.2) is 11.5 Å². The van der Waals surface area contributed by atoms with Gasteiger partial charge in [0.1, 0.15) is 0 Å². The number of likely N-dealkylation sites (tertiary alicyclic amines) is 1. The maximum Gasteiger partial charge on any atom is 0.254 e. The summed E-state index contributed by atoms with van der Waals surface area (Å²) in [6, 6.07) is 14.1. The SMILES string of the molecule is Cc1ccccc1CC[C@H]1CCCN(C(=O)c2ccc3c(c2)OCO3)C1. The van der Waals surface area contributed by atoms with Gasteiger partial charge in [0.2, 0.25) is 6.79 Å². The molecule has 26 heavy (non-hydrogen) atoms. The van der Waals surface area contributed by atoms with Gasteiger partial charge in [0.25, 0.3) is 5.91 Å². The van der Waals surface area contributed by atoms with E-state index in [0.29, 0.717) is 17.2 Å². The van der Waals surface area contributed by atoms with Crippen molar-refractivity contribution in [2.24, 2.45) is 5.92 Å². The molecule has 1 amide bonds. The number of nitrogens with zero attached hydrogens (tertiary/aromatic N) is 1. The molecule has 136 valence electrons. The number of fused-ring (bicyclic) bond motifs is 1. The summed E-state index contributed by atoms with van der Waals surface area (Å²) in [5.41, 5.74) is 3.47. The standard InChI is InChI=1S/C22H25NO3/c1-16-5-2-3-7-18(16)9-8-17-6-4-12-23(14-17)22(24)19-10-11-20-21(13-19)26-15-25-20/h2-3,5,7,10-11,13,17H,4,6,8-9,12,14-15H2,1H3/t17-/m1/s1. The van der Waals surface area contributed by atoms with Crippen LogP contribution in [-0.4, -0.2) is 30.7 Å². The number of ether oxygens (including phenoxy) is 2. The van der Waals surface area contributed by atoms with Gasteiger partial charge in [-0.1, -0.05) is 24.3 Å². The van der Waals surface area contributed by atoms with Crippen LogP contribution in [0.25, 0.3) is 0 Å². The maximum atomic E-state index is 12.9. The smallest absolute Gasteiger partial charge is 0.254 e. The van der Waals surface area contributed by atoms with Crippen molar-refractivity contribution in [2.45, 2.75) is 32.6 Å². The zero-order chi connectivity index (χ0) is 17.9. The Morgan fingerprint density at radius 3 is 2.88 bits per heavy atom. The second kappa shape index (κ2) is 7.40. The molecule has 4 heteroatoms. The van der Waals surface area contributed by atoms with Crippen LogP contribution < -0.4 is 9.47 Å². The molecule has 0 radical (unpaired) electrons. The summed E-state index contributed by atoms with van der Waals surface area (Å²) in [4.78, 5) is 14.9. The summed E-state index contributed by atoms with van der Waals surface area (Å²) in [6.07, 6.45) is 4.50. The molecule has 2 aliphatic heterocycles. The fraction of sp³-hybridized carbons (Fsp3) is 0.409. The Balaban J connectivity index is 1.38. The molecule has 2 aromatic rings. The van der Waals surface area contributed by atoms with Crippen molar-refractivity contribution in [1.29, 1.82) is 0 Å². The molecular weight excluding hydrogens is 326 g/mol. The average Bonchev–Trinajstić information content (AvgIpc) is 3.15. The summed E-state index contributed by atoms with van der Waals surface area (Å²) in [6.45, 7) is 4.09. The summed E-state index contributed by atoms with van der Waals surface area (Å²) in [5.74, 6) is 2.06. The number of piperidine rings is 1. The molecule has 4 nitrogen and oxygen atoms in total. The first-order chi connectivity index (χ1) is 12.7. The van der Waals surface area contributed by atoms with E-state index in [1.165, 1.54) is 17.5 Å². The van der Waals surface area contributed by atoms with Crippen LogP contribution in [0.3, 0.4) is 0 Å².